The number of aromatic amines is 1. The van der Waals surface area contributed by atoms with Gasteiger partial charge in [0.1, 0.15) is 5.82 Å². The second-order valence-electron chi connectivity index (χ2n) is 4.74. The van der Waals surface area contributed by atoms with Gasteiger partial charge >= 0.3 is 0 Å². The highest BCUT2D eigenvalue weighted by molar-refractivity contribution is 6.33. The number of carbonyl (C=O) groups excluding carboxylic acids is 1. The van der Waals surface area contributed by atoms with E-state index in [0.29, 0.717) is 34.2 Å². The number of para-hydroxylation sites is 1. The molecule has 21 heavy (non-hydrogen) atoms. The van der Waals surface area contributed by atoms with Gasteiger partial charge in [-0.05, 0) is 32.4 Å². The number of hydrogen-bond donors (Lipinski definition) is 2. The number of H-pyrrole nitrogens is 1. The average Bonchev–Trinajstić information content (AvgIpc) is 2.40. The Hall–Kier alpha value is -2.14. The van der Waals surface area contributed by atoms with Crippen molar-refractivity contribution in [3.8, 4) is 0 Å². The van der Waals surface area contributed by atoms with Gasteiger partial charge in [-0.1, -0.05) is 23.7 Å². The number of anilines is 1. The van der Waals surface area contributed by atoms with E-state index in [-0.39, 0.29) is 17.9 Å². The van der Waals surface area contributed by atoms with Gasteiger partial charge in [-0.15, -0.1) is 0 Å². The summed E-state index contributed by atoms with van der Waals surface area (Å²) >= 11 is 5.97. The van der Waals surface area contributed by atoms with Gasteiger partial charge in [0.2, 0.25) is 5.91 Å². The van der Waals surface area contributed by atoms with Crippen molar-refractivity contribution in [1.29, 1.82) is 0 Å². The molecule has 0 spiro atoms. The maximum Gasteiger partial charge on any atom is 0.254 e. The first-order valence-electron chi connectivity index (χ1n) is 6.58. The Morgan fingerprint density at radius 1 is 1.33 bits per heavy atom. The summed E-state index contributed by atoms with van der Waals surface area (Å²) < 4.78 is 0. The number of nitrogens with one attached hydrogen (secondary N) is 2. The van der Waals surface area contributed by atoms with Gasteiger partial charge in [0.25, 0.3) is 5.56 Å². The molecule has 0 atom stereocenters. The zero-order valence-electron chi connectivity index (χ0n) is 11.9. The van der Waals surface area contributed by atoms with Crippen molar-refractivity contribution >= 4 is 23.2 Å². The van der Waals surface area contributed by atoms with E-state index in [0.717, 1.165) is 0 Å². The van der Waals surface area contributed by atoms with Crippen molar-refractivity contribution in [2.45, 2.75) is 26.7 Å². The van der Waals surface area contributed by atoms with Crippen molar-refractivity contribution in [2.24, 2.45) is 0 Å². The summed E-state index contributed by atoms with van der Waals surface area (Å²) in [5, 5.41) is 3.21. The Kier molecular flexibility index (Phi) is 4.75. The third-order valence-electron chi connectivity index (χ3n) is 3.09. The fourth-order valence-corrected chi connectivity index (χ4v) is 2.24. The van der Waals surface area contributed by atoms with E-state index in [4.69, 9.17) is 11.6 Å². The lowest BCUT2D eigenvalue weighted by Crippen LogP contribution is -2.20. The summed E-state index contributed by atoms with van der Waals surface area (Å²) in [4.78, 5) is 30.6. The number of benzene rings is 1. The van der Waals surface area contributed by atoms with Crippen LogP contribution >= 0.6 is 11.6 Å². The zero-order chi connectivity index (χ0) is 15.4. The van der Waals surface area contributed by atoms with Crippen LogP contribution in [0.5, 0.6) is 0 Å². The lowest BCUT2D eigenvalue weighted by molar-refractivity contribution is -0.116. The summed E-state index contributed by atoms with van der Waals surface area (Å²) in [7, 11) is 0. The van der Waals surface area contributed by atoms with Crippen LogP contribution in [-0.2, 0) is 11.2 Å². The minimum Gasteiger partial charge on any atom is -0.325 e. The molecule has 0 unspecified atom stereocenters. The highest BCUT2D eigenvalue weighted by Crippen LogP contribution is 2.20. The van der Waals surface area contributed by atoms with E-state index in [1.54, 1.807) is 38.1 Å². The van der Waals surface area contributed by atoms with Crippen LogP contribution in [0.2, 0.25) is 5.02 Å². The van der Waals surface area contributed by atoms with E-state index in [1.807, 2.05) is 0 Å². The zero-order valence-corrected chi connectivity index (χ0v) is 12.6. The van der Waals surface area contributed by atoms with Gasteiger partial charge in [0, 0.05) is 17.7 Å². The summed E-state index contributed by atoms with van der Waals surface area (Å²) in [6.07, 6.45) is 0.532. The van der Waals surface area contributed by atoms with Crippen LogP contribution in [0.3, 0.4) is 0 Å². The van der Waals surface area contributed by atoms with Crippen molar-refractivity contribution in [3.05, 3.63) is 56.7 Å². The van der Waals surface area contributed by atoms with Gasteiger partial charge in [-0.25, -0.2) is 4.98 Å². The molecule has 2 aromatic rings. The number of aromatic nitrogens is 2. The Morgan fingerprint density at radius 3 is 2.71 bits per heavy atom. The second kappa shape index (κ2) is 6.54. The number of carbonyl (C=O) groups is 1. The number of amides is 1. The number of hydrogen-bond acceptors (Lipinski definition) is 3. The monoisotopic (exact) mass is 305 g/mol. The normalized spacial score (nSPS) is 10.4. The first-order chi connectivity index (χ1) is 9.97. The molecule has 5 nitrogen and oxygen atoms in total. The average molecular weight is 306 g/mol. The maximum atomic E-state index is 11.9. The largest absolute Gasteiger partial charge is 0.325 e. The molecule has 1 aromatic heterocycles. The molecule has 110 valence electrons. The van der Waals surface area contributed by atoms with E-state index in [2.05, 4.69) is 15.3 Å². The topological polar surface area (TPSA) is 74.8 Å². The molecule has 0 aliphatic carbocycles. The second-order valence-corrected chi connectivity index (χ2v) is 5.15. The Balaban J connectivity index is 2.02. The van der Waals surface area contributed by atoms with Crippen LogP contribution in [0.25, 0.3) is 0 Å². The highest BCUT2D eigenvalue weighted by atomic mass is 35.5. The van der Waals surface area contributed by atoms with Crippen LogP contribution in [0.1, 0.15) is 23.5 Å². The summed E-state index contributed by atoms with van der Waals surface area (Å²) in [5.74, 6) is 0.379. The number of rotatable bonds is 4. The highest BCUT2D eigenvalue weighted by Gasteiger charge is 2.10. The van der Waals surface area contributed by atoms with Gasteiger partial charge in [-0.2, -0.15) is 0 Å². The standard InChI is InChI=1S/C15H16ClN3O2/c1-9-11(15(21)18-10(2)17-9)7-8-14(20)19-13-6-4-3-5-12(13)16/h3-6H,7-8H2,1-2H3,(H,19,20)(H,17,18,21). The predicted molar refractivity (Wildman–Crippen MR) is 82.7 cm³/mol. The predicted octanol–water partition coefficient (Wildman–Crippen LogP) is 2.61. The molecule has 0 bridgehead atoms. The van der Waals surface area contributed by atoms with Crippen molar-refractivity contribution in [2.75, 3.05) is 5.32 Å². The third-order valence-corrected chi connectivity index (χ3v) is 3.42. The van der Waals surface area contributed by atoms with E-state index >= 15 is 0 Å². The van der Waals surface area contributed by atoms with Crippen LogP contribution < -0.4 is 10.9 Å². The van der Waals surface area contributed by atoms with Crippen LogP contribution in [0, 0.1) is 13.8 Å². The minimum absolute atomic E-state index is 0.189. The van der Waals surface area contributed by atoms with Crippen LogP contribution in [0.4, 0.5) is 5.69 Å². The molecule has 2 N–H and O–H groups in total. The lowest BCUT2D eigenvalue weighted by Gasteiger charge is -2.08. The maximum absolute atomic E-state index is 11.9. The van der Waals surface area contributed by atoms with Crippen molar-refractivity contribution < 1.29 is 4.79 Å². The van der Waals surface area contributed by atoms with Crippen LogP contribution in [0.15, 0.2) is 29.1 Å². The molecular formula is C15H16ClN3O2. The SMILES string of the molecule is Cc1nc(C)c(CCC(=O)Nc2ccccc2Cl)c(=O)[nH]1. The first kappa shape index (κ1) is 15.3. The molecule has 2 rings (SSSR count). The fraction of sp³-hybridized carbons (Fsp3) is 0.267. The van der Waals surface area contributed by atoms with Gasteiger partial charge < -0.3 is 10.3 Å². The number of aryl methyl sites for hydroxylation is 2. The lowest BCUT2D eigenvalue weighted by atomic mass is 10.1. The third kappa shape index (κ3) is 3.92. The number of nitrogens with zero attached hydrogens (tertiary/aromatic N) is 1. The molecule has 0 saturated carbocycles. The van der Waals surface area contributed by atoms with Gasteiger partial charge in [0.15, 0.2) is 0 Å². The summed E-state index contributed by atoms with van der Waals surface area (Å²) in [5.41, 5.74) is 1.57. The fourth-order valence-electron chi connectivity index (χ4n) is 2.06. The van der Waals surface area contributed by atoms with Gasteiger partial charge in [-0.3, -0.25) is 9.59 Å². The van der Waals surface area contributed by atoms with Gasteiger partial charge in [0.05, 0.1) is 10.7 Å². The molecule has 0 fully saturated rings. The van der Waals surface area contributed by atoms with E-state index in [9.17, 15) is 9.59 Å². The van der Waals surface area contributed by atoms with Crippen molar-refractivity contribution in [1.82, 2.24) is 9.97 Å². The molecule has 0 radical (unpaired) electrons. The molecule has 0 saturated heterocycles. The smallest absolute Gasteiger partial charge is 0.254 e. The summed E-state index contributed by atoms with van der Waals surface area (Å²) in [6, 6.07) is 7.01. The molecular weight excluding hydrogens is 290 g/mol. The van der Waals surface area contributed by atoms with E-state index < -0.39 is 0 Å². The molecule has 1 amide bonds. The quantitative estimate of drug-likeness (QED) is 0.911. The minimum atomic E-state index is -0.192. The van der Waals surface area contributed by atoms with E-state index in [1.165, 1.54) is 0 Å². The van der Waals surface area contributed by atoms with Crippen LogP contribution in [-0.4, -0.2) is 15.9 Å². The molecule has 1 heterocycles. The molecule has 1 aromatic carbocycles. The Morgan fingerprint density at radius 2 is 2.05 bits per heavy atom. The molecule has 0 aliphatic heterocycles. The Bertz CT molecular complexity index is 725. The summed E-state index contributed by atoms with van der Waals surface area (Å²) in [6.45, 7) is 3.49. The van der Waals surface area contributed by atoms with Crippen molar-refractivity contribution in [3.63, 3.8) is 0 Å². The molecule has 0 aliphatic rings. The Labute approximate surface area is 127 Å². The number of halogens is 1. The molecule has 6 heteroatoms. The first-order valence-corrected chi connectivity index (χ1v) is 6.96.